The van der Waals surface area contributed by atoms with Crippen LogP contribution in [0.1, 0.15) is 329 Å². The van der Waals surface area contributed by atoms with Crippen LogP contribution in [0.15, 0.2) is 0 Å². The highest BCUT2D eigenvalue weighted by Crippen LogP contribution is 2.23. The molecule has 0 spiro atoms. The number of aliphatic hydroxyl groups excluding tert-OH is 5. The molecule has 5 N–H and O–H groups in total. The standard InChI is InChI=1S/C59H114O7.C5H12O4/c1-4-7-10-13-16-19-22-25-28-31-34-37-40-43-46-49-56(61)64-53-59(52-60,54-65-57(62)50-47-44-41-38-35-32-29-26-23-20-17-14-11-8-5-2)55-66-58(63)51-48-45-42-39-36-33-30-27-24-21-18-15-12-9-6-3;6-1-5(2-7,3-8)4-9/h60H,4-55H2,1-3H3;6-9H,1-4H2. The second-order valence-corrected chi connectivity index (χ2v) is 22.9. The molecule has 75 heavy (non-hydrogen) atoms. The van der Waals surface area contributed by atoms with E-state index in [-0.39, 0.29) is 37.7 Å². The molecule has 0 aromatic rings. The monoisotopic (exact) mass is 1070 g/mol. The van der Waals surface area contributed by atoms with Gasteiger partial charge in [0.25, 0.3) is 0 Å². The van der Waals surface area contributed by atoms with Crippen LogP contribution in [0.2, 0.25) is 0 Å². The zero-order valence-electron chi connectivity index (χ0n) is 49.8. The Labute approximate surface area is 463 Å². The number of carbonyl (C=O) groups excluding carboxylic acids is 3. The Kier molecular flexibility index (Phi) is 60.1. The van der Waals surface area contributed by atoms with Crippen LogP contribution in [0.4, 0.5) is 0 Å². The summed E-state index contributed by atoms with van der Waals surface area (Å²) in [4.78, 5) is 38.5. The molecule has 0 aromatic heterocycles. The molecule has 0 aromatic carbocycles. The number of ether oxygens (including phenoxy) is 3. The summed E-state index contributed by atoms with van der Waals surface area (Å²) in [5.74, 6) is -0.970. The maximum atomic E-state index is 12.8. The van der Waals surface area contributed by atoms with Crippen LogP contribution in [0, 0.1) is 10.8 Å². The number of hydrogen-bond donors (Lipinski definition) is 5. The molecule has 11 nitrogen and oxygen atoms in total. The Bertz CT molecular complexity index is 1040. The van der Waals surface area contributed by atoms with Crippen molar-refractivity contribution in [3.8, 4) is 0 Å². The summed E-state index contributed by atoms with van der Waals surface area (Å²) in [5.41, 5.74) is -2.29. The first-order chi connectivity index (χ1) is 36.7. The van der Waals surface area contributed by atoms with Gasteiger partial charge < -0.3 is 39.7 Å². The maximum absolute atomic E-state index is 12.8. The first-order valence-corrected chi connectivity index (χ1v) is 32.2. The van der Waals surface area contributed by atoms with Gasteiger partial charge in [-0.05, 0) is 19.3 Å². The molecule has 0 aliphatic carbocycles. The molecule has 11 heteroatoms. The van der Waals surface area contributed by atoms with E-state index in [9.17, 15) is 19.5 Å². The number of aliphatic hydroxyl groups is 5. The van der Waals surface area contributed by atoms with E-state index in [1.54, 1.807) is 0 Å². The fraction of sp³-hybridized carbons (Fsp3) is 0.953. The van der Waals surface area contributed by atoms with E-state index in [0.29, 0.717) is 19.3 Å². The third-order valence-corrected chi connectivity index (χ3v) is 15.2. The Balaban J connectivity index is 0. The molecule has 0 saturated carbocycles. The fourth-order valence-electron chi connectivity index (χ4n) is 9.40. The minimum absolute atomic E-state index is 0.153. The summed E-state index contributed by atoms with van der Waals surface area (Å²) >= 11 is 0. The lowest BCUT2D eigenvalue weighted by atomic mass is 9.92. The van der Waals surface area contributed by atoms with Crippen molar-refractivity contribution in [2.45, 2.75) is 329 Å². The first-order valence-electron chi connectivity index (χ1n) is 32.2. The van der Waals surface area contributed by atoms with Gasteiger partial charge in [-0.1, -0.05) is 290 Å². The molecule has 0 fully saturated rings. The van der Waals surface area contributed by atoms with Crippen molar-refractivity contribution < 1.29 is 54.1 Å². The number of carbonyl (C=O) groups is 3. The third kappa shape index (κ3) is 52.7. The smallest absolute Gasteiger partial charge is 0.305 e. The molecular formula is C64H126O11. The largest absolute Gasteiger partial charge is 0.465 e. The molecule has 0 rings (SSSR count). The quantitative estimate of drug-likeness (QED) is 0.0222. The predicted octanol–water partition coefficient (Wildman–Crippen LogP) is 16.3. The van der Waals surface area contributed by atoms with E-state index in [1.165, 1.54) is 231 Å². The van der Waals surface area contributed by atoms with Gasteiger partial charge in [0, 0.05) is 19.3 Å². The van der Waals surface area contributed by atoms with Crippen molar-refractivity contribution in [3.05, 3.63) is 0 Å². The summed E-state index contributed by atoms with van der Waals surface area (Å²) < 4.78 is 17.0. The minimum Gasteiger partial charge on any atom is -0.465 e. The Morgan fingerprint density at radius 3 is 0.520 bits per heavy atom. The van der Waals surface area contributed by atoms with E-state index in [1.807, 2.05) is 0 Å². The summed E-state index contributed by atoms with van der Waals surface area (Å²) in [6.07, 6.45) is 57.8. The lowest BCUT2D eigenvalue weighted by Gasteiger charge is -2.30. The lowest BCUT2D eigenvalue weighted by Crippen LogP contribution is -2.42. The molecule has 0 aliphatic heterocycles. The SMILES string of the molecule is CCCCCCCCCCCCCCCCCC(=O)OCC(CO)(COC(=O)CCCCCCCCCCCCCCCCC)COC(=O)CCCCCCCCCCCCCCCCC.OCC(CO)(CO)CO. The van der Waals surface area contributed by atoms with Gasteiger partial charge in [-0.25, -0.2) is 0 Å². The zero-order chi connectivity index (χ0) is 55.5. The average Bonchev–Trinajstić information content (AvgIpc) is 3.42. The molecule has 0 bridgehead atoms. The number of hydrogen-bond acceptors (Lipinski definition) is 11. The number of rotatable bonds is 59. The van der Waals surface area contributed by atoms with Crippen molar-refractivity contribution in [1.29, 1.82) is 0 Å². The molecule has 0 atom stereocenters. The van der Waals surface area contributed by atoms with Crippen LogP contribution in [0.3, 0.4) is 0 Å². The first kappa shape index (κ1) is 75.3. The predicted molar refractivity (Wildman–Crippen MR) is 312 cm³/mol. The average molecular weight is 1070 g/mol. The molecule has 0 heterocycles. The third-order valence-electron chi connectivity index (χ3n) is 15.2. The van der Waals surface area contributed by atoms with Crippen molar-refractivity contribution in [3.63, 3.8) is 0 Å². The fourth-order valence-corrected chi connectivity index (χ4v) is 9.40. The summed E-state index contributed by atoms with van der Waals surface area (Å²) in [7, 11) is 0. The topological polar surface area (TPSA) is 180 Å². The van der Waals surface area contributed by atoms with Crippen LogP contribution < -0.4 is 0 Å². The highest BCUT2D eigenvalue weighted by molar-refractivity contribution is 5.70. The van der Waals surface area contributed by atoms with Crippen LogP contribution >= 0.6 is 0 Å². The molecule has 0 unspecified atom stereocenters. The van der Waals surface area contributed by atoms with Gasteiger partial charge in [-0.3, -0.25) is 14.4 Å². The van der Waals surface area contributed by atoms with Crippen molar-refractivity contribution >= 4 is 17.9 Å². The van der Waals surface area contributed by atoms with E-state index in [4.69, 9.17) is 34.6 Å². The normalized spacial score (nSPS) is 11.7. The highest BCUT2D eigenvalue weighted by Gasteiger charge is 2.35. The molecule has 0 radical (unpaired) electrons. The van der Waals surface area contributed by atoms with Gasteiger partial charge in [-0.15, -0.1) is 0 Å². The maximum Gasteiger partial charge on any atom is 0.305 e. The van der Waals surface area contributed by atoms with Crippen molar-refractivity contribution in [2.24, 2.45) is 10.8 Å². The minimum atomic E-state index is -1.18. The van der Waals surface area contributed by atoms with E-state index in [2.05, 4.69) is 20.8 Å². The summed E-state index contributed by atoms with van der Waals surface area (Å²) in [5, 5.41) is 44.6. The molecule has 0 amide bonds. The molecule has 0 aliphatic rings. The van der Waals surface area contributed by atoms with Crippen LogP contribution in [0.5, 0.6) is 0 Å². The van der Waals surface area contributed by atoms with Gasteiger partial charge in [0.15, 0.2) is 0 Å². The van der Waals surface area contributed by atoms with Gasteiger partial charge in [0.2, 0.25) is 0 Å². The summed E-state index contributed by atoms with van der Waals surface area (Å²) in [6.45, 7) is 4.31. The summed E-state index contributed by atoms with van der Waals surface area (Å²) in [6, 6.07) is 0. The molecule has 0 saturated heterocycles. The van der Waals surface area contributed by atoms with Crippen molar-refractivity contribution in [1.82, 2.24) is 0 Å². The Morgan fingerprint density at radius 1 is 0.240 bits per heavy atom. The van der Waals surface area contributed by atoms with Crippen LogP contribution in [-0.4, -0.2) is 96.3 Å². The van der Waals surface area contributed by atoms with Gasteiger partial charge in [0.05, 0.1) is 43.9 Å². The Morgan fingerprint density at radius 2 is 0.387 bits per heavy atom. The van der Waals surface area contributed by atoms with E-state index in [0.717, 1.165) is 57.8 Å². The highest BCUT2D eigenvalue weighted by atomic mass is 16.6. The van der Waals surface area contributed by atoms with Gasteiger partial charge in [-0.2, -0.15) is 0 Å². The van der Waals surface area contributed by atoms with Crippen molar-refractivity contribution in [2.75, 3.05) is 52.9 Å². The number of esters is 3. The lowest BCUT2D eigenvalue weighted by molar-refractivity contribution is -0.165. The van der Waals surface area contributed by atoms with E-state index < -0.39 is 43.9 Å². The van der Waals surface area contributed by atoms with Crippen LogP contribution in [-0.2, 0) is 28.6 Å². The van der Waals surface area contributed by atoms with Gasteiger partial charge >= 0.3 is 17.9 Å². The second kappa shape index (κ2) is 59.9. The number of unbranched alkanes of at least 4 members (excludes halogenated alkanes) is 42. The van der Waals surface area contributed by atoms with Crippen LogP contribution in [0.25, 0.3) is 0 Å². The van der Waals surface area contributed by atoms with Gasteiger partial charge in [0.1, 0.15) is 19.8 Å². The van der Waals surface area contributed by atoms with E-state index >= 15 is 0 Å². The second-order valence-electron chi connectivity index (χ2n) is 22.9. The Hall–Kier alpha value is -1.79. The zero-order valence-corrected chi connectivity index (χ0v) is 49.8. The molecule has 448 valence electrons. The molecular weight excluding hydrogens is 945 g/mol.